The Balaban J connectivity index is 1.36. The molecule has 0 aromatic heterocycles. The SMILES string of the molecule is COc1cc(OC)cc(N2CC[C@H](NC(=O)C3C[C@H]4CCC[C@@H](C3)C4=O)C2)c1. The average Bonchev–Trinajstić information content (AvgIpc) is 3.15. The lowest BCUT2D eigenvalue weighted by atomic mass is 9.67. The van der Waals surface area contributed by atoms with Gasteiger partial charge in [-0.25, -0.2) is 0 Å². The molecule has 1 aromatic carbocycles. The fourth-order valence-electron chi connectivity index (χ4n) is 5.10. The number of carbonyl (C=O) groups is 2. The van der Waals surface area contributed by atoms with E-state index >= 15 is 0 Å². The monoisotopic (exact) mass is 386 g/mol. The third-order valence-electron chi connectivity index (χ3n) is 6.65. The first-order chi connectivity index (χ1) is 13.6. The maximum absolute atomic E-state index is 12.9. The van der Waals surface area contributed by atoms with Crippen LogP contribution in [0.5, 0.6) is 11.5 Å². The number of fused-ring (bicyclic) bond motifs is 2. The first-order valence-corrected chi connectivity index (χ1v) is 10.4. The van der Waals surface area contributed by atoms with Crippen molar-refractivity contribution < 1.29 is 19.1 Å². The normalized spacial score (nSPS) is 29.5. The Morgan fingerprint density at radius 3 is 2.29 bits per heavy atom. The molecule has 1 aromatic rings. The second-order valence-corrected chi connectivity index (χ2v) is 8.41. The molecule has 1 unspecified atom stereocenters. The second-order valence-electron chi connectivity index (χ2n) is 8.41. The molecule has 0 radical (unpaired) electrons. The summed E-state index contributed by atoms with van der Waals surface area (Å²) in [4.78, 5) is 27.4. The van der Waals surface area contributed by atoms with E-state index in [9.17, 15) is 9.59 Å². The van der Waals surface area contributed by atoms with Gasteiger partial charge in [0.2, 0.25) is 5.91 Å². The molecule has 1 amide bonds. The van der Waals surface area contributed by atoms with Crippen LogP contribution in [0.15, 0.2) is 18.2 Å². The van der Waals surface area contributed by atoms with Gasteiger partial charge in [0.15, 0.2) is 0 Å². The summed E-state index contributed by atoms with van der Waals surface area (Å²) in [5, 5.41) is 3.26. The van der Waals surface area contributed by atoms with Crippen LogP contribution in [0.2, 0.25) is 0 Å². The molecule has 6 heteroatoms. The molecular formula is C22H30N2O4. The van der Waals surface area contributed by atoms with Gasteiger partial charge in [0, 0.05) is 60.8 Å². The molecule has 2 bridgehead atoms. The Hall–Kier alpha value is -2.24. The summed E-state index contributed by atoms with van der Waals surface area (Å²) < 4.78 is 10.7. The summed E-state index contributed by atoms with van der Waals surface area (Å²) in [6, 6.07) is 6.00. The predicted molar refractivity (Wildman–Crippen MR) is 107 cm³/mol. The topological polar surface area (TPSA) is 67.9 Å². The van der Waals surface area contributed by atoms with Crippen LogP contribution in [0.3, 0.4) is 0 Å². The Morgan fingerprint density at radius 2 is 1.68 bits per heavy atom. The van der Waals surface area contributed by atoms with Crippen LogP contribution < -0.4 is 19.7 Å². The number of nitrogens with zero attached hydrogens (tertiary/aromatic N) is 1. The van der Waals surface area contributed by atoms with Gasteiger partial charge in [0.25, 0.3) is 0 Å². The summed E-state index contributed by atoms with van der Waals surface area (Å²) in [5.41, 5.74) is 1.05. The van der Waals surface area contributed by atoms with E-state index in [0.29, 0.717) is 5.78 Å². The minimum Gasteiger partial charge on any atom is -0.497 e. The van der Waals surface area contributed by atoms with Crippen molar-refractivity contribution in [2.24, 2.45) is 17.8 Å². The molecule has 4 atom stereocenters. The first kappa shape index (κ1) is 19.1. The van der Waals surface area contributed by atoms with Crippen LogP contribution in [0.1, 0.15) is 38.5 Å². The molecule has 1 N–H and O–H groups in total. The standard InChI is InChI=1S/C22H30N2O4/c1-27-19-10-18(11-20(12-19)28-2)24-7-6-17(13-24)23-22(26)16-8-14-4-3-5-15(9-16)21(14)25/h10-12,14-17H,3-9,13H2,1-2H3,(H,23,26)/t14-,15+,16?,17-/m0/s1. The van der Waals surface area contributed by atoms with E-state index in [1.165, 1.54) is 0 Å². The summed E-state index contributed by atoms with van der Waals surface area (Å²) in [7, 11) is 3.30. The number of carbonyl (C=O) groups excluding carboxylic acids is 2. The number of anilines is 1. The zero-order chi connectivity index (χ0) is 19.7. The third-order valence-corrected chi connectivity index (χ3v) is 6.65. The Labute approximate surface area is 166 Å². The fourth-order valence-corrected chi connectivity index (χ4v) is 5.10. The molecule has 1 saturated heterocycles. The minimum atomic E-state index is -0.000960. The average molecular weight is 386 g/mol. The highest BCUT2D eigenvalue weighted by molar-refractivity contribution is 5.88. The van der Waals surface area contributed by atoms with Gasteiger partial charge in [0.05, 0.1) is 14.2 Å². The van der Waals surface area contributed by atoms with Crippen LogP contribution in [0.25, 0.3) is 0 Å². The van der Waals surface area contributed by atoms with E-state index in [2.05, 4.69) is 10.2 Å². The Bertz CT molecular complexity index is 712. The lowest BCUT2D eigenvalue weighted by Gasteiger charge is -2.37. The Morgan fingerprint density at radius 1 is 1.04 bits per heavy atom. The number of rotatable bonds is 5. The fraction of sp³-hybridized carbons (Fsp3) is 0.636. The number of hydrogen-bond acceptors (Lipinski definition) is 5. The van der Waals surface area contributed by atoms with Crippen LogP contribution in [0.4, 0.5) is 5.69 Å². The van der Waals surface area contributed by atoms with Crippen molar-refractivity contribution in [3.05, 3.63) is 18.2 Å². The van der Waals surface area contributed by atoms with E-state index in [0.717, 1.165) is 68.8 Å². The molecule has 6 nitrogen and oxygen atoms in total. The van der Waals surface area contributed by atoms with Crippen molar-refractivity contribution in [3.8, 4) is 11.5 Å². The summed E-state index contributed by atoms with van der Waals surface area (Å²) >= 11 is 0. The van der Waals surface area contributed by atoms with E-state index in [-0.39, 0.29) is 29.7 Å². The predicted octanol–water partition coefficient (Wildman–Crippen LogP) is 2.79. The minimum absolute atomic E-state index is 0.000960. The van der Waals surface area contributed by atoms with E-state index in [1.54, 1.807) is 14.2 Å². The second kappa shape index (κ2) is 8.02. The zero-order valence-corrected chi connectivity index (χ0v) is 16.8. The van der Waals surface area contributed by atoms with E-state index in [1.807, 2.05) is 18.2 Å². The van der Waals surface area contributed by atoms with Gasteiger partial charge in [-0.05, 0) is 32.1 Å². The molecule has 152 valence electrons. The quantitative estimate of drug-likeness (QED) is 0.843. The molecular weight excluding hydrogens is 356 g/mol. The highest BCUT2D eigenvalue weighted by Crippen LogP contribution is 2.40. The van der Waals surface area contributed by atoms with E-state index in [4.69, 9.17) is 9.47 Å². The van der Waals surface area contributed by atoms with Gasteiger partial charge in [0.1, 0.15) is 17.3 Å². The van der Waals surface area contributed by atoms with Crippen LogP contribution in [-0.4, -0.2) is 45.0 Å². The number of benzene rings is 1. The maximum atomic E-state index is 12.9. The molecule has 2 saturated carbocycles. The van der Waals surface area contributed by atoms with Crippen molar-refractivity contribution in [2.45, 2.75) is 44.6 Å². The van der Waals surface area contributed by atoms with Crippen molar-refractivity contribution >= 4 is 17.4 Å². The summed E-state index contributed by atoms with van der Waals surface area (Å²) in [6.45, 7) is 1.66. The molecule has 3 fully saturated rings. The number of ketones is 1. The van der Waals surface area contributed by atoms with Crippen LogP contribution in [-0.2, 0) is 9.59 Å². The summed E-state index contributed by atoms with van der Waals surface area (Å²) in [6.07, 6.45) is 5.47. The third kappa shape index (κ3) is 3.82. The first-order valence-electron chi connectivity index (χ1n) is 10.4. The van der Waals surface area contributed by atoms with Crippen molar-refractivity contribution in [2.75, 3.05) is 32.2 Å². The zero-order valence-electron chi connectivity index (χ0n) is 16.8. The number of Topliss-reactive ketones (excluding diaryl/α,β-unsaturated/α-hetero) is 1. The molecule has 4 rings (SSSR count). The highest BCUT2D eigenvalue weighted by Gasteiger charge is 2.41. The number of hydrogen-bond donors (Lipinski definition) is 1. The van der Waals surface area contributed by atoms with Gasteiger partial charge in [-0.1, -0.05) is 6.42 Å². The lowest BCUT2D eigenvalue weighted by Crippen LogP contribution is -2.46. The van der Waals surface area contributed by atoms with E-state index < -0.39 is 0 Å². The smallest absolute Gasteiger partial charge is 0.223 e. The van der Waals surface area contributed by atoms with Gasteiger partial charge in [-0.3, -0.25) is 9.59 Å². The lowest BCUT2D eigenvalue weighted by molar-refractivity contribution is -0.137. The number of nitrogens with one attached hydrogen (secondary N) is 1. The maximum Gasteiger partial charge on any atom is 0.223 e. The largest absolute Gasteiger partial charge is 0.497 e. The Kier molecular flexibility index (Phi) is 5.47. The number of methoxy groups -OCH3 is 2. The number of amides is 1. The summed E-state index contributed by atoms with van der Waals surface area (Å²) in [5.74, 6) is 2.31. The van der Waals surface area contributed by atoms with Crippen LogP contribution in [0, 0.1) is 17.8 Å². The molecule has 1 aliphatic heterocycles. The van der Waals surface area contributed by atoms with Crippen molar-refractivity contribution in [1.82, 2.24) is 5.32 Å². The number of ether oxygens (including phenoxy) is 2. The van der Waals surface area contributed by atoms with Crippen molar-refractivity contribution in [1.29, 1.82) is 0 Å². The van der Waals surface area contributed by atoms with Gasteiger partial charge in [-0.2, -0.15) is 0 Å². The molecule has 2 aliphatic carbocycles. The van der Waals surface area contributed by atoms with Gasteiger partial charge < -0.3 is 19.7 Å². The molecule has 0 spiro atoms. The molecule has 28 heavy (non-hydrogen) atoms. The van der Waals surface area contributed by atoms with Crippen molar-refractivity contribution in [3.63, 3.8) is 0 Å². The van der Waals surface area contributed by atoms with Gasteiger partial charge >= 0.3 is 0 Å². The molecule has 3 aliphatic rings. The van der Waals surface area contributed by atoms with Crippen LogP contribution >= 0.6 is 0 Å². The highest BCUT2D eigenvalue weighted by atomic mass is 16.5. The van der Waals surface area contributed by atoms with Gasteiger partial charge in [-0.15, -0.1) is 0 Å². The molecule has 1 heterocycles.